The van der Waals surface area contributed by atoms with Crippen molar-refractivity contribution in [1.82, 2.24) is 5.32 Å². The Balaban J connectivity index is 1.81. The largest absolute Gasteiger partial charge is 0.494 e. The van der Waals surface area contributed by atoms with E-state index < -0.39 is 0 Å². The van der Waals surface area contributed by atoms with Crippen molar-refractivity contribution in [3.05, 3.63) is 29.3 Å². The standard InChI is InChI=1S/C17H27NO/c1-13(2)17-7-6-16(11-14(17)3)19-10-8-15-5-4-9-18-12-15/h6-7,11,13,15,18H,4-5,8-10,12H2,1-3H3/t15-/m0/s1. The maximum Gasteiger partial charge on any atom is 0.119 e. The van der Waals surface area contributed by atoms with Crippen LogP contribution in [0.25, 0.3) is 0 Å². The van der Waals surface area contributed by atoms with Crippen molar-refractivity contribution >= 4 is 0 Å². The molecule has 2 nitrogen and oxygen atoms in total. The molecule has 1 saturated heterocycles. The molecule has 1 N–H and O–H groups in total. The van der Waals surface area contributed by atoms with Crippen LogP contribution in [-0.4, -0.2) is 19.7 Å². The summed E-state index contributed by atoms with van der Waals surface area (Å²) in [5, 5.41) is 3.46. The van der Waals surface area contributed by atoms with Gasteiger partial charge in [0.1, 0.15) is 5.75 Å². The zero-order valence-corrected chi connectivity index (χ0v) is 12.5. The van der Waals surface area contributed by atoms with Gasteiger partial charge < -0.3 is 10.1 Å². The third-order valence-corrected chi connectivity index (χ3v) is 4.06. The lowest BCUT2D eigenvalue weighted by Crippen LogP contribution is -2.30. The van der Waals surface area contributed by atoms with Gasteiger partial charge in [0, 0.05) is 0 Å². The van der Waals surface area contributed by atoms with Crippen LogP contribution in [0.3, 0.4) is 0 Å². The number of hydrogen-bond acceptors (Lipinski definition) is 2. The first-order chi connectivity index (χ1) is 9.16. The number of aryl methyl sites for hydroxylation is 1. The van der Waals surface area contributed by atoms with Gasteiger partial charge in [0.2, 0.25) is 0 Å². The molecule has 1 aromatic carbocycles. The molecule has 0 saturated carbocycles. The molecule has 0 bridgehead atoms. The summed E-state index contributed by atoms with van der Waals surface area (Å²) < 4.78 is 5.90. The second-order valence-electron chi connectivity index (χ2n) is 6.02. The van der Waals surface area contributed by atoms with Gasteiger partial charge in [-0.05, 0) is 74.4 Å². The molecule has 0 amide bonds. The highest BCUT2D eigenvalue weighted by atomic mass is 16.5. The number of ether oxygens (including phenoxy) is 1. The average Bonchev–Trinajstić information content (AvgIpc) is 2.39. The highest BCUT2D eigenvalue weighted by Crippen LogP contribution is 2.24. The zero-order chi connectivity index (χ0) is 13.7. The van der Waals surface area contributed by atoms with Crippen molar-refractivity contribution in [2.24, 2.45) is 5.92 Å². The fraction of sp³-hybridized carbons (Fsp3) is 0.647. The van der Waals surface area contributed by atoms with Crippen LogP contribution in [0.5, 0.6) is 5.75 Å². The van der Waals surface area contributed by atoms with E-state index in [1.807, 2.05) is 0 Å². The quantitative estimate of drug-likeness (QED) is 0.868. The molecule has 0 aromatic heterocycles. The first kappa shape index (κ1) is 14.4. The summed E-state index contributed by atoms with van der Waals surface area (Å²) in [6.07, 6.45) is 3.83. The Bertz CT molecular complexity index is 394. The van der Waals surface area contributed by atoms with Crippen LogP contribution in [0.1, 0.15) is 50.2 Å². The summed E-state index contributed by atoms with van der Waals surface area (Å²) in [5.74, 6) is 2.40. The zero-order valence-electron chi connectivity index (χ0n) is 12.5. The van der Waals surface area contributed by atoms with Gasteiger partial charge in [-0.3, -0.25) is 0 Å². The maximum atomic E-state index is 5.90. The maximum absolute atomic E-state index is 5.90. The van der Waals surface area contributed by atoms with Crippen LogP contribution in [-0.2, 0) is 0 Å². The van der Waals surface area contributed by atoms with Gasteiger partial charge in [0.05, 0.1) is 6.61 Å². The first-order valence-corrected chi connectivity index (χ1v) is 7.61. The molecule has 1 fully saturated rings. The number of rotatable bonds is 5. The van der Waals surface area contributed by atoms with Crippen LogP contribution in [0.2, 0.25) is 0 Å². The monoisotopic (exact) mass is 261 g/mol. The van der Waals surface area contributed by atoms with Crippen molar-refractivity contribution in [3.8, 4) is 5.75 Å². The number of benzene rings is 1. The molecular formula is C17H27NO. The van der Waals surface area contributed by atoms with E-state index in [-0.39, 0.29) is 0 Å². The van der Waals surface area contributed by atoms with Gasteiger partial charge in [-0.15, -0.1) is 0 Å². The van der Waals surface area contributed by atoms with E-state index in [9.17, 15) is 0 Å². The lowest BCUT2D eigenvalue weighted by Gasteiger charge is -2.22. The molecule has 0 aliphatic carbocycles. The average molecular weight is 261 g/mol. The van der Waals surface area contributed by atoms with E-state index in [4.69, 9.17) is 4.74 Å². The van der Waals surface area contributed by atoms with E-state index in [2.05, 4.69) is 44.3 Å². The topological polar surface area (TPSA) is 21.3 Å². The van der Waals surface area contributed by atoms with Gasteiger partial charge >= 0.3 is 0 Å². The normalized spacial score (nSPS) is 19.7. The highest BCUT2D eigenvalue weighted by Gasteiger charge is 2.12. The Kier molecular flexibility index (Phi) is 5.26. The second kappa shape index (κ2) is 6.95. The molecule has 106 valence electrons. The van der Waals surface area contributed by atoms with Crippen LogP contribution < -0.4 is 10.1 Å². The van der Waals surface area contributed by atoms with E-state index in [0.29, 0.717) is 5.92 Å². The number of hydrogen-bond donors (Lipinski definition) is 1. The highest BCUT2D eigenvalue weighted by molar-refractivity contribution is 5.36. The van der Waals surface area contributed by atoms with Crippen LogP contribution >= 0.6 is 0 Å². The second-order valence-corrected chi connectivity index (χ2v) is 6.02. The fourth-order valence-corrected chi connectivity index (χ4v) is 2.90. The first-order valence-electron chi connectivity index (χ1n) is 7.61. The summed E-state index contributed by atoms with van der Waals surface area (Å²) in [5.41, 5.74) is 2.76. The summed E-state index contributed by atoms with van der Waals surface area (Å²) in [4.78, 5) is 0. The molecule has 2 heteroatoms. The van der Waals surface area contributed by atoms with E-state index in [1.54, 1.807) is 0 Å². The Morgan fingerprint density at radius 1 is 1.37 bits per heavy atom. The molecule has 1 aromatic rings. The Hall–Kier alpha value is -1.02. The van der Waals surface area contributed by atoms with Crippen molar-refractivity contribution < 1.29 is 4.74 Å². The predicted molar refractivity (Wildman–Crippen MR) is 81.0 cm³/mol. The third kappa shape index (κ3) is 4.24. The molecule has 1 aliphatic heterocycles. The van der Waals surface area contributed by atoms with E-state index in [1.165, 1.54) is 30.5 Å². The molecular weight excluding hydrogens is 234 g/mol. The molecule has 1 atom stereocenters. The molecule has 0 spiro atoms. The van der Waals surface area contributed by atoms with Gasteiger partial charge in [0.25, 0.3) is 0 Å². The lowest BCUT2D eigenvalue weighted by molar-refractivity contribution is 0.254. The smallest absolute Gasteiger partial charge is 0.119 e. The molecule has 1 heterocycles. The van der Waals surface area contributed by atoms with Gasteiger partial charge in [-0.1, -0.05) is 19.9 Å². The van der Waals surface area contributed by atoms with Crippen molar-refractivity contribution in [1.29, 1.82) is 0 Å². The number of nitrogens with one attached hydrogen (secondary N) is 1. The van der Waals surface area contributed by atoms with E-state index in [0.717, 1.165) is 31.2 Å². The molecule has 0 radical (unpaired) electrons. The van der Waals surface area contributed by atoms with Crippen molar-refractivity contribution in [2.45, 2.75) is 46.0 Å². The molecule has 1 aliphatic rings. The number of piperidine rings is 1. The third-order valence-electron chi connectivity index (χ3n) is 4.06. The Morgan fingerprint density at radius 3 is 2.84 bits per heavy atom. The molecule has 0 unspecified atom stereocenters. The van der Waals surface area contributed by atoms with Crippen LogP contribution in [0, 0.1) is 12.8 Å². The Labute approximate surface area is 117 Å². The predicted octanol–water partition coefficient (Wildman–Crippen LogP) is 3.89. The van der Waals surface area contributed by atoms with Gasteiger partial charge in [-0.25, -0.2) is 0 Å². The fourth-order valence-electron chi connectivity index (χ4n) is 2.90. The van der Waals surface area contributed by atoms with Gasteiger partial charge in [-0.2, -0.15) is 0 Å². The minimum atomic E-state index is 0.586. The van der Waals surface area contributed by atoms with Crippen molar-refractivity contribution in [2.75, 3.05) is 19.7 Å². The minimum absolute atomic E-state index is 0.586. The molecule has 2 rings (SSSR count). The molecule has 19 heavy (non-hydrogen) atoms. The SMILES string of the molecule is Cc1cc(OCC[C@@H]2CCCNC2)ccc1C(C)C. The van der Waals surface area contributed by atoms with Gasteiger partial charge in [0.15, 0.2) is 0 Å². The van der Waals surface area contributed by atoms with Crippen LogP contribution in [0.4, 0.5) is 0 Å². The summed E-state index contributed by atoms with van der Waals surface area (Å²) in [6, 6.07) is 6.49. The van der Waals surface area contributed by atoms with Crippen LogP contribution in [0.15, 0.2) is 18.2 Å². The summed E-state index contributed by atoms with van der Waals surface area (Å²) in [6.45, 7) is 9.83. The van der Waals surface area contributed by atoms with Crippen molar-refractivity contribution in [3.63, 3.8) is 0 Å². The lowest BCUT2D eigenvalue weighted by atomic mass is 9.96. The minimum Gasteiger partial charge on any atom is -0.494 e. The Morgan fingerprint density at radius 2 is 2.21 bits per heavy atom. The van der Waals surface area contributed by atoms with E-state index >= 15 is 0 Å². The summed E-state index contributed by atoms with van der Waals surface area (Å²) >= 11 is 0. The summed E-state index contributed by atoms with van der Waals surface area (Å²) in [7, 11) is 0.